The summed E-state index contributed by atoms with van der Waals surface area (Å²) < 4.78 is 38.0. The number of hydrogen-bond acceptors (Lipinski definition) is 13. The van der Waals surface area contributed by atoms with E-state index in [4.69, 9.17) is 45.9 Å². The molecule has 1 aliphatic carbocycles. The fraction of sp³-hybridized carbons (Fsp3) is 0.509. The van der Waals surface area contributed by atoms with Gasteiger partial charge in [0.1, 0.15) is 36.0 Å². The standard InChI is InChI=1S/C55H59ClFN9O7/c1-63-42-24-31(7-9-37(42)47(62-63)38-10-12-43(68)59-51(38)69)33-26-54(27-33)16-20-64(21-17-54)53(70)72-29-35-13-15-55(14-3-19-66(35)55)30-73-52-60-49-45-41(11-8-34-28-71-22-4-18-65(34)50(45)61-52)58-48(46(49)57)39-25-36(67)23-32-5-2-6-40(56)44(32)39/h2,5-7,9,23-25,33-35,38,67H,3-4,8,10-22,26-30H2,1H3,(H,59,68,69)/t34-,35-,38?,55-/m0/s1. The molecule has 6 fully saturated rings. The minimum absolute atomic E-state index is 0.00911. The Balaban J connectivity index is 0.672. The van der Waals surface area contributed by atoms with E-state index in [0.717, 1.165) is 87.3 Å². The average molecular weight is 1010 g/mol. The Labute approximate surface area is 426 Å². The lowest BCUT2D eigenvalue weighted by Gasteiger charge is -2.52. The number of nitrogens with one attached hydrogen (secondary N) is 1. The maximum atomic E-state index is 17.4. The van der Waals surface area contributed by atoms with Crippen LogP contribution in [0.2, 0.25) is 5.02 Å². The van der Waals surface area contributed by atoms with E-state index in [1.165, 1.54) is 11.6 Å². The molecule has 18 heteroatoms. The number of rotatable bonds is 8. The van der Waals surface area contributed by atoms with E-state index in [1.807, 2.05) is 22.7 Å². The molecule has 2 N–H and O–H groups in total. The Morgan fingerprint density at radius 3 is 2.67 bits per heavy atom. The Hall–Kier alpha value is -6.17. The molecule has 3 aromatic heterocycles. The van der Waals surface area contributed by atoms with Crippen LogP contribution in [0.3, 0.4) is 0 Å². The molecule has 1 unspecified atom stereocenters. The molecule has 13 rings (SSSR count). The van der Waals surface area contributed by atoms with Gasteiger partial charge in [-0.1, -0.05) is 35.9 Å². The summed E-state index contributed by atoms with van der Waals surface area (Å²) in [5.74, 6) is -0.561. The quantitative estimate of drug-likeness (QED) is 0.139. The first kappa shape index (κ1) is 46.6. The number of ether oxygens (including phenoxy) is 3. The molecule has 3 amide bonds. The highest BCUT2D eigenvalue weighted by Crippen LogP contribution is 2.57. The smallest absolute Gasteiger partial charge is 0.409 e. The molecule has 3 aromatic carbocycles. The minimum atomic E-state index is -0.628. The number of aromatic nitrogens is 5. The van der Waals surface area contributed by atoms with Gasteiger partial charge in [-0.15, -0.1) is 0 Å². The van der Waals surface area contributed by atoms with Crippen LogP contribution in [0.15, 0.2) is 48.5 Å². The van der Waals surface area contributed by atoms with E-state index < -0.39 is 11.7 Å². The largest absolute Gasteiger partial charge is 0.508 e. The lowest BCUT2D eigenvalue weighted by molar-refractivity contribution is -0.134. The van der Waals surface area contributed by atoms with Gasteiger partial charge in [0, 0.05) is 67.1 Å². The van der Waals surface area contributed by atoms with Gasteiger partial charge in [-0.3, -0.25) is 24.5 Å². The number of likely N-dealkylation sites (tertiary alicyclic amines) is 1. The number of pyridine rings is 1. The summed E-state index contributed by atoms with van der Waals surface area (Å²) in [5.41, 5.74) is 4.16. The summed E-state index contributed by atoms with van der Waals surface area (Å²) in [7, 11) is 1.91. The van der Waals surface area contributed by atoms with Gasteiger partial charge < -0.3 is 29.1 Å². The molecule has 5 saturated heterocycles. The number of nitrogens with zero attached hydrogens (tertiary/aromatic N) is 8. The Kier molecular flexibility index (Phi) is 11.5. The summed E-state index contributed by atoms with van der Waals surface area (Å²) in [6.07, 6.45) is 10.3. The van der Waals surface area contributed by atoms with E-state index in [1.54, 1.807) is 18.2 Å². The monoisotopic (exact) mass is 1010 g/mol. The Morgan fingerprint density at radius 2 is 1.82 bits per heavy atom. The van der Waals surface area contributed by atoms with Crippen LogP contribution >= 0.6 is 11.6 Å². The number of aryl methyl sites for hydroxylation is 2. The van der Waals surface area contributed by atoms with Gasteiger partial charge in [-0.05, 0) is 130 Å². The molecule has 0 bridgehead atoms. The predicted octanol–water partition coefficient (Wildman–Crippen LogP) is 8.46. The fourth-order valence-electron chi connectivity index (χ4n) is 13.8. The number of piperidine rings is 2. The number of phenolic OH excluding ortho intramolecular Hbond substituents is 1. The Bertz CT molecular complexity index is 3250. The molecule has 16 nitrogen and oxygen atoms in total. The van der Waals surface area contributed by atoms with Crippen LogP contribution in [-0.2, 0) is 32.5 Å². The lowest BCUT2D eigenvalue weighted by Crippen LogP contribution is -2.50. The van der Waals surface area contributed by atoms with E-state index >= 15 is 4.39 Å². The molecule has 73 heavy (non-hydrogen) atoms. The third kappa shape index (κ3) is 8.02. The maximum absolute atomic E-state index is 17.4. The number of amides is 3. The zero-order valence-electron chi connectivity index (χ0n) is 41.0. The zero-order chi connectivity index (χ0) is 49.8. The first-order chi connectivity index (χ1) is 35.4. The second-order valence-corrected chi connectivity index (χ2v) is 22.3. The number of halogens is 2. The number of aromatic hydroxyl groups is 1. The van der Waals surface area contributed by atoms with Crippen molar-refractivity contribution in [2.75, 3.05) is 57.5 Å². The van der Waals surface area contributed by atoms with Crippen LogP contribution in [0, 0.1) is 11.2 Å². The number of carbonyl (C=O) groups is 3. The highest BCUT2D eigenvalue weighted by molar-refractivity contribution is 6.36. The molecule has 1 saturated carbocycles. The molecule has 1 spiro atoms. The van der Waals surface area contributed by atoms with E-state index in [-0.39, 0.29) is 63.9 Å². The molecule has 380 valence electrons. The van der Waals surface area contributed by atoms with Crippen molar-refractivity contribution in [3.8, 4) is 23.0 Å². The van der Waals surface area contributed by atoms with Crippen LogP contribution in [0.1, 0.15) is 106 Å². The summed E-state index contributed by atoms with van der Waals surface area (Å²) in [5, 5.41) is 21.2. The molecule has 6 aliphatic heterocycles. The van der Waals surface area contributed by atoms with Crippen molar-refractivity contribution >= 4 is 67.9 Å². The van der Waals surface area contributed by atoms with Crippen molar-refractivity contribution in [3.05, 3.63) is 76.3 Å². The molecular formula is C55H59ClFN9O7. The van der Waals surface area contributed by atoms with Crippen molar-refractivity contribution in [2.45, 2.75) is 113 Å². The van der Waals surface area contributed by atoms with E-state index in [0.29, 0.717) is 109 Å². The summed E-state index contributed by atoms with van der Waals surface area (Å²) >= 11 is 6.75. The van der Waals surface area contributed by atoms with Gasteiger partial charge in [0.2, 0.25) is 11.8 Å². The van der Waals surface area contributed by atoms with Crippen molar-refractivity contribution in [2.24, 2.45) is 12.5 Å². The van der Waals surface area contributed by atoms with Crippen LogP contribution in [0.4, 0.5) is 15.0 Å². The van der Waals surface area contributed by atoms with E-state index in [2.05, 4.69) is 33.3 Å². The Morgan fingerprint density at radius 1 is 0.959 bits per heavy atom. The molecular weight excluding hydrogens is 953 g/mol. The van der Waals surface area contributed by atoms with Gasteiger partial charge >= 0.3 is 12.1 Å². The molecule has 9 heterocycles. The highest BCUT2D eigenvalue weighted by atomic mass is 35.5. The summed E-state index contributed by atoms with van der Waals surface area (Å²) in [6.45, 7) is 4.66. The van der Waals surface area contributed by atoms with Crippen molar-refractivity contribution < 1.29 is 38.1 Å². The number of hydrogen-bond donors (Lipinski definition) is 2. The van der Waals surface area contributed by atoms with Crippen LogP contribution in [0.25, 0.3) is 43.8 Å². The van der Waals surface area contributed by atoms with Gasteiger partial charge in [0.05, 0.1) is 46.4 Å². The number of imide groups is 1. The average Bonchev–Trinajstić information content (AvgIpc) is 3.94. The topological polar surface area (TPSA) is 177 Å². The zero-order valence-corrected chi connectivity index (χ0v) is 41.8. The number of carbonyl (C=O) groups excluding carboxylic acids is 3. The molecule has 6 aromatic rings. The van der Waals surface area contributed by atoms with Gasteiger partial charge in [-0.25, -0.2) is 14.2 Å². The summed E-state index contributed by atoms with van der Waals surface area (Å²) in [4.78, 5) is 59.5. The molecule has 4 atom stereocenters. The number of fused-ring (bicyclic) bond motifs is 5. The molecule has 0 radical (unpaired) electrons. The van der Waals surface area contributed by atoms with Crippen LogP contribution < -0.4 is 15.0 Å². The van der Waals surface area contributed by atoms with Gasteiger partial charge in [0.25, 0.3) is 0 Å². The minimum Gasteiger partial charge on any atom is -0.508 e. The predicted molar refractivity (Wildman–Crippen MR) is 271 cm³/mol. The van der Waals surface area contributed by atoms with Gasteiger partial charge in [0.15, 0.2) is 5.82 Å². The third-order valence-electron chi connectivity index (χ3n) is 17.7. The number of phenols is 1. The second-order valence-electron chi connectivity index (χ2n) is 21.9. The van der Waals surface area contributed by atoms with Crippen molar-refractivity contribution in [3.63, 3.8) is 0 Å². The fourth-order valence-corrected chi connectivity index (χ4v) is 14.1. The second kappa shape index (κ2) is 18.0. The van der Waals surface area contributed by atoms with Crippen LogP contribution in [-0.4, -0.2) is 128 Å². The first-order valence-electron chi connectivity index (χ1n) is 26.2. The maximum Gasteiger partial charge on any atom is 0.409 e. The van der Waals surface area contributed by atoms with Gasteiger partial charge in [-0.2, -0.15) is 15.1 Å². The highest BCUT2D eigenvalue weighted by Gasteiger charge is 2.51. The van der Waals surface area contributed by atoms with Crippen LogP contribution in [0.5, 0.6) is 11.8 Å². The third-order valence-corrected chi connectivity index (χ3v) is 18.0. The number of benzene rings is 3. The molecule has 7 aliphatic rings. The lowest BCUT2D eigenvalue weighted by atomic mass is 9.56. The van der Waals surface area contributed by atoms with E-state index in [9.17, 15) is 19.5 Å². The van der Waals surface area contributed by atoms with Crippen molar-refractivity contribution in [1.29, 1.82) is 0 Å². The first-order valence-corrected chi connectivity index (χ1v) is 26.6. The normalized spacial score (nSPS) is 25.2. The van der Waals surface area contributed by atoms with Crippen molar-refractivity contribution in [1.82, 2.24) is 39.8 Å². The summed E-state index contributed by atoms with van der Waals surface area (Å²) in [6, 6.07) is 15.1. The SMILES string of the molecule is Cn1nc(C2CCC(=O)NC2=O)c2ccc(C3CC4(CCN(C(=O)OC[C@@H]5CC[C@]6(COc7nc8c9c(nc(-c%10cc(O)cc%11cccc(Cl)c%10%11)c(F)c9n7)CC[C@H]7COCCCN87)CCCN56)CC4)C3)cc21. The number of anilines is 1.